The van der Waals surface area contributed by atoms with Crippen molar-refractivity contribution in [3.8, 4) is 0 Å². The Morgan fingerprint density at radius 2 is 0.800 bits per heavy atom. The van der Waals surface area contributed by atoms with Crippen molar-refractivity contribution >= 4 is 40.2 Å². The van der Waals surface area contributed by atoms with Crippen LogP contribution >= 0.6 is 0 Å². The third-order valence-corrected chi connectivity index (χ3v) is 0.144. The Morgan fingerprint density at radius 1 is 0.733 bits per heavy atom. The predicted molar refractivity (Wildman–Crippen MR) is 49.7 cm³/mol. The van der Waals surface area contributed by atoms with Crippen molar-refractivity contribution in [2.24, 2.45) is 0 Å². The smallest absolute Gasteiger partial charge is 0 e. The van der Waals surface area contributed by atoms with E-state index in [9.17, 15) is 0 Å². The van der Waals surface area contributed by atoms with Crippen LogP contribution in [-0.4, -0.2) is 40.2 Å². The molecule has 0 N–H and O–H groups in total. The van der Waals surface area contributed by atoms with Crippen molar-refractivity contribution in [3.05, 3.63) is 0 Å². The summed E-state index contributed by atoms with van der Waals surface area (Å²) in [6.45, 7) is 18.0. The second kappa shape index (κ2) is 5740. The zero-order chi connectivity index (χ0) is 13.4. The quantitative estimate of drug-likeness (QED) is 0.344. The zero-order valence-corrected chi connectivity index (χ0v) is 9.10. The average Bonchev–Trinajstić information content (AvgIpc) is 2.41. The first kappa shape index (κ1) is 49.8. The summed E-state index contributed by atoms with van der Waals surface area (Å²) < 4.78 is 0. The van der Waals surface area contributed by atoms with E-state index in [1.807, 2.05) is 0 Å². The van der Waals surface area contributed by atoms with Gasteiger partial charge in [-0.3, -0.25) is 40.2 Å². The molecule has 0 aromatic heterocycles. The molecule has 0 aliphatic carbocycles. The topological polar surface area (TPSA) is 102 Å². The Labute approximate surface area is 99.9 Å². The van der Waals surface area contributed by atoms with E-state index in [-0.39, 0.29) is 17.1 Å². The molecule has 0 unspecified atom stereocenters. The van der Waals surface area contributed by atoms with Gasteiger partial charge in [0.1, 0.15) is 0 Å². The van der Waals surface area contributed by atoms with Crippen LogP contribution in [0.5, 0.6) is 0 Å². The van der Waals surface area contributed by atoms with Gasteiger partial charge in [-0.25, -0.2) is 0 Å². The molecule has 6 nitrogen and oxygen atoms in total. The molecule has 0 aromatic carbocycles. The van der Waals surface area contributed by atoms with E-state index in [1.165, 1.54) is 0 Å². The third-order valence-electron chi connectivity index (χ3n) is 0.144. The molecule has 0 aliphatic heterocycles. The summed E-state index contributed by atoms with van der Waals surface area (Å²) in [5, 5.41) is 0. The van der Waals surface area contributed by atoms with Crippen LogP contribution in [0, 0.1) is 0 Å². The van der Waals surface area contributed by atoms with Crippen molar-refractivity contribution in [2.75, 3.05) is 0 Å². The van der Waals surface area contributed by atoms with Gasteiger partial charge < -0.3 is 28.8 Å². The molecule has 0 spiro atoms. The molecular weight excluding hydrogens is 247 g/mol. The van der Waals surface area contributed by atoms with Crippen LogP contribution < -0.4 is 0 Å². The van der Waals surface area contributed by atoms with Gasteiger partial charge >= 0.3 is 0 Å². The van der Waals surface area contributed by atoms with Gasteiger partial charge in [0.15, 0.2) is 0 Å². The number of carbonyl (C=O) groups excluding carboxylic acids is 6. The molecule has 0 aromatic rings. The van der Waals surface area contributed by atoms with Gasteiger partial charge in [0.25, 0.3) is 0 Å². The summed E-state index contributed by atoms with van der Waals surface area (Å²) >= 11 is 0. The minimum Gasteiger partial charge on any atom is -0.545 e. The van der Waals surface area contributed by atoms with Crippen LogP contribution in [0.2, 0.25) is 0 Å². The molecule has 0 saturated heterocycles. The van der Waals surface area contributed by atoms with E-state index in [0.717, 1.165) is 0 Å². The summed E-state index contributed by atoms with van der Waals surface area (Å²) in [5.74, 6) is 0. The van der Waals surface area contributed by atoms with Gasteiger partial charge in [0.05, 0.1) is 0 Å². The molecule has 7 heteroatoms. The molecule has 0 bridgehead atoms. The van der Waals surface area contributed by atoms with Crippen molar-refractivity contribution in [2.45, 2.75) is 13.3 Å². The van der Waals surface area contributed by atoms with Gasteiger partial charge in [-0.05, 0) is 0 Å². The maximum atomic E-state index is 9.05. The Balaban J connectivity index is -0.0000000105. The molecule has 0 atom stereocenters. The summed E-state index contributed by atoms with van der Waals surface area (Å²) in [4.78, 5) is 47.8. The maximum absolute atomic E-state index is 9.05. The Kier molecular flexibility index (Phi) is 19000. The molecule has 0 amide bonds. The Hall–Kier alpha value is -1.46. The van der Waals surface area contributed by atoms with Gasteiger partial charge in [0, 0.05) is 17.1 Å². The standard InChI is InChI=1S/C3H5O.5CHO.Mn/c1-2-3-4;5*1-2;/h2H2,1H3;5*1H;/q6*-1;. The van der Waals surface area contributed by atoms with E-state index in [0.29, 0.717) is 6.42 Å². The fourth-order valence-electron chi connectivity index (χ4n) is 0. The monoisotopic (exact) mass is 257 g/mol. The fourth-order valence-corrected chi connectivity index (χ4v) is 0. The summed E-state index contributed by atoms with van der Waals surface area (Å²) in [6.07, 6.45) is 2.19. The third kappa shape index (κ3) is 6570. The molecule has 0 rings (SSSR count). The average molecular weight is 257 g/mol. The van der Waals surface area contributed by atoms with E-state index in [4.69, 9.17) is 28.8 Å². The Morgan fingerprint density at radius 3 is 0.800 bits per heavy atom. The molecule has 15 heavy (non-hydrogen) atoms. The van der Waals surface area contributed by atoms with Crippen LogP contribution in [0.15, 0.2) is 0 Å². The fraction of sp³-hybridized carbons (Fsp3) is 0.250. The SMILES string of the molecule is CC[C-]=O.[CH-]=O.[CH-]=O.[CH-]=O.[CH-]=O.[CH-]=O.[Mn]. The maximum Gasteiger partial charge on any atom is 0 e. The van der Waals surface area contributed by atoms with E-state index < -0.39 is 0 Å². The van der Waals surface area contributed by atoms with Crippen LogP contribution in [0.3, 0.4) is 0 Å². The molecule has 91 valence electrons. The second-order valence-corrected chi connectivity index (χ2v) is 0.498. The number of rotatable bonds is 1. The first-order valence-corrected chi connectivity index (χ1v) is 2.44. The number of hydrogen-bond acceptors (Lipinski definition) is 6. The van der Waals surface area contributed by atoms with Crippen molar-refractivity contribution < 1.29 is 45.8 Å². The van der Waals surface area contributed by atoms with E-state index in [1.54, 1.807) is 13.2 Å². The molecule has 0 aliphatic rings. The van der Waals surface area contributed by atoms with Gasteiger partial charge in [-0.1, -0.05) is 6.92 Å². The van der Waals surface area contributed by atoms with Crippen molar-refractivity contribution in [1.82, 2.24) is 0 Å². The second-order valence-electron chi connectivity index (χ2n) is 0.498. The van der Waals surface area contributed by atoms with Crippen LogP contribution in [0.4, 0.5) is 0 Å². The van der Waals surface area contributed by atoms with Crippen LogP contribution in [0.25, 0.3) is 0 Å². The Bertz CT molecular complexity index is 62.5. The van der Waals surface area contributed by atoms with Crippen LogP contribution in [-0.2, 0) is 45.8 Å². The molecule has 1 radical (unpaired) electrons. The van der Waals surface area contributed by atoms with Crippen LogP contribution in [0.1, 0.15) is 13.3 Å². The normalized spacial score (nSPS) is 3.00. The van der Waals surface area contributed by atoms with Gasteiger partial charge in [-0.15, -0.1) is 0 Å². The van der Waals surface area contributed by atoms with Crippen molar-refractivity contribution in [3.63, 3.8) is 0 Å². The largest absolute Gasteiger partial charge is 0.545 e. The minimum atomic E-state index is 0. The van der Waals surface area contributed by atoms with Crippen molar-refractivity contribution in [1.29, 1.82) is 0 Å². The first-order valence-electron chi connectivity index (χ1n) is 2.44. The van der Waals surface area contributed by atoms with E-state index >= 15 is 0 Å². The number of hydrogen-bond donors (Lipinski definition) is 0. The summed E-state index contributed by atoms with van der Waals surface area (Å²) in [7, 11) is 0. The van der Waals surface area contributed by atoms with Gasteiger partial charge in [0.2, 0.25) is 0 Å². The molecule has 0 fully saturated rings. The molecule has 0 heterocycles. The zero-order valence-electron chi connectivity index (χ0n) is 7.92. The predicted octanol–water partition coefficient (Wildman–Crippen LogP) is -0.867. The summed E-state index contributed by atoms with van der Waals surface area (Å²) in [6, 6.07) is 0. The first-order chi connectivity index (χ1) is 6.91. The molecule has 0 saturated carbocycles. The molecular formula is C8H10MnO6-6. The minimum absolute atomic E-state index is 0. The van der Waals surface area contributed by atoms with Gasteiger partial charge in [-0.2, -0.15) is 6.42 Å². The van der Waals surface area contributed by atoms with E-state index in [2.05, 4.69) is 33.9 Å². The summed E-state index contributed by atoms with van der Waals surface area (Å²) in [5.41, 5.74) is 0.